The first kappa shape index (κ1) is 8.75. The van der Waals surface area contributed by atoms with Crippen molar-refractivity contribution in [2.75, 3.05) is 0 Å². The van der Waals surface area contributed by atoms with Crippen LogP contribution in [0.25, 0.3) is 11.8 Å². The third-order valence-corrected chi connectivity index (χ3v) is 1.98. The smallest absolute Gasteiger partial charge is 0.0991 e. The summed E-state index contributed by atoms with van der Waals surface area (Å²) >= 11 is 0. The quantitative estimate of drug-likeness (QED) is 0.700. The Bertz CT molecular complexity index is 427. The van der Waals surface area contributed by atoms with E-state index in [1.165, 1.54) is 0 Å². The minimum atomic E-state index is 1.11. The van der Waals surface area contributed by atoms with Crippen LogP contribution in [0.3, 0.4) is 0 Å². The zero-order valence-electron chi connectivity index (χ0n) is 7.80. The lowest BCUT2D eigenvalue weighted by Crippen LogP contribution is -1.89. The molecule has 0 aliphatic carbocycles. The summed E-state index contributed by atoms with van der Waals surface area (Å²) in [7, 11) is 0. The van der Waals surface area contributed by atoms with Gasteiger partial charge < -0.3 is 4.57 Å². The fourth-order valence-corrected chi connectivity index (χ4v) is 1.34. The molecule has 69 valence electrons. The molecule has 0 unspecified atom stereocenters. The highest BCUT2D eigenvalue weighted by atomic mass is 15.0. The van der Waals surface area contributed by atoms with Gasteiger partial charge in [-0.05, 0) is 24.6 Å². The number of hydrogen-bond donors (Lipinski definition) is 0. The van der Waals surface area contributed by atoms with E-state index in [1.807, 2.05) is 35.0 Å². The summed E-state index contributed by atoms with van der Waals surface area (Å²) in [6.07, 6.45) is 9.23. The van der Waals surface area contributed by atoms with Gasteiger partial charge in [-0.25, -0.2) is 4.98 Å². The zero-order valence-corrected chi connectivity index (χ0v) is 7.80. The number of hydrogen-bond acceptors (Lipinski definition) is 1. The van der Waals surface area contributed by atoms with Crippen LogP contribution in [0.4, 0.5) is 0 Å². The highest BCUT2D eigenvalue weighted by Crippen LogP contribution is 2.11. The second kappa shape index (κ2) is 3.92. The van der Waals surface area contributed by atoms with E-state index in [9.17, 15) is 0 Å². The standard InChI is InChI=1S/C12H11N2/c1-2-4-11-5-3-6-12(9-11)14-8-7-13-10-14/h2-10H,1H2/b4-2+. The molecular weight excluding hydrogens is 172 g/mol. The van der Waals surface area contributed by atoms with Gasteiger partial charge >= 0.3 is 0 Å². The van der Waals surface area contributed by atoms with Crippen molar-refractivity contribution < 1.29 is 0 Å². The molecule has 0 N–H and O–H groups in total. The summed E-state index contributed by atoms with van der Waals surface area (Å²) in [4.78, 5) is 4.01. The van der Waals surface area contributed by atoms with Crippen molar-refractivity contribution >= 4 is 6.08 Å². The summed E-state index contributed by atoms with van der Waals surface area (Å²) in [5.74, 6) is 0. The van der Waals surface area contributed by atoms with Gasteiger partial charge in [-0.3, -0.25) is 0 Å². The van der Waals surface area contributed by atoms with Gasteiger partial charge in [0.2, 0.25) is 0 Å². The maximum absolute atomic E-state index is 4.01. The number of nitrogens with zero attached hydrogens (tertiary/aromatic N) is 2. The SMILES string of the molecule is [CH2]/C=C/c1cccc(-n2ccnc2)c1. The monoisotopic (exact) mass is 183 g/mol. The normalized spacial score (nSPS) is 10.9. The van der Waals surface area contributed by atoms with Gasteiger partial charge in [0.25, 0.3) is 0 Å². The lowest BCUT2D eigenvalue weighted by molar-refractivity contribution is 1.06. The van der Waals surface area contributed by atoms with Crippen LogP contribution in [0, 0.1) is 6.92 Å². The van der Waals surface area contributed by atoms with Crippen molar-refractivity contribution in [1.29, 1.82) is 0 Å². The van der Waals surface area contributed by atoms with Crippen LogP contribution in [-0.4, -0.2) is 9.55 Å². The number of imidazole rings is 1. The molecule has 0 fully saturated rings. The molecule has 2 heteroatoms. The largest absolute Gasteiger partial charge is 0.306 e. The molecule has 0 aliphatic heterocycles. The van der Waals surface area contributed by atoms with Crippen LogP contribution in [-0.2, 0) is 0 Å². The highest BCUT2D eigenvalue weighted by molar-refractivity contribution is 5.53. The van der Waals surface area contributed by atoms with Crippen molar-refractivity contribution in [3.8, 4) is 5.69 Å². The van der Waals surface area contributed by atoms with Crippen molar-refractivity contribution in [2.24, 2.45) is 0 Å². The summed E-state index contributed by atoms with van der Waals surface area (Å²) < 4.78 is 1.97. The van der Waals surface area contributed by atoms with Crippen molar-refractivity contribution in [3.05, 3.63) is 61.5 Å². The average molecular weight is 183 g/mol. The van der Waals surface area contributed by atoms with Crippen molar-refractivity contribution in [2.45, 2.75) is 0 Å². The van der Waals surface area contributed by atoms with Gasteiger partial charge in [-0.1, -0.05) is 24.3 Å². The first-order valence-corrected chi connectivity index (χ1v) is 4.44. The Morgan fingerprint density at radius 2 is 2.29 bits per heavy atom. The third kappa shape index (κ3) is 1.74. The highest BCUT2D eigenvalue weighted by Gasteiger charge is 1.94. The molecule has 0 atom stereocenters. The Morgan fingerprint density at radius 1 is 1.36 bits per heavy atom. The van der Waals surface area contributed by atoms with E-state index in [0.29, 0.717) is 0 Å². The lowest BCUT2D eigenvalue weighted by Gasteiger charge is -2.02. The van der Waals surface area contributed by atoms with Gasteiger partial charge in [0.05, 0.1) is 6.33 Å². The predicted octanol–water partition coefficient (Wildman–Crippen LogP) is 2.72. The van der Waals surface area contributed by atoms with Crippen LogP contribution in [0.1, 0.15) is 5.56 Å². The van der Waals surface area contributed by atoms with Gasteiger partial charge in [-0.15, -0.1) is 0 Å². The van der Waals surface area contributed by atoms with Crippen LogP contribution >= 0.6 is 0 Å². The molecule has 0 bridgehead atoms. The Labute approximate surface area is 83.5 Å². The predicted molar refractivity (Wildman–Crippen MR) is 58.0 cm³/mol. The first-order chi connectivity index (χ1) is 6.90. The summed E-state index contributed by atoms with van der Waals surface area (Å²) in [5.41, 5.74) is 2.25. The lowest BCUT2D eigenvalue weighted by atomic mass is 10.2. The molecule has 0 saturated heterocycles. The third-order valence-electron chi connectivity index (χ3n) is 1.98. The van der Waals surface area contributed by atoms with Crippen LogP contribution < -0.4 is 0 Å². The van der Waals surface area contributed by atoms with E-state index in [2.05, 4.69) is 18.0 Å². The van der Waals surface area contributed by atoms with E-state index < -0.39 is 0 Å². The van der Waals surface area contributed by atoms with Crippen LogP contribution in [0.15, 0.2) is 49.1 Å². The second-order valence-electron chi connectivity index (χ2n) is 2.97. The molecule has 14 heavy (non-hydrogen) atoms. The Balaban J connectivity index is 2.40. The average Bonchev–Trinajstić information content (AvgIpc) is 2.71. The molecule has 1 aromatic heterocycles. The minimum absolute atomic E-state index is 1.11. The molecule has 0 aliphatic rings. The van der Waals surface area contributed by atoms with E-state index in [0.717, 1.165) is 11.3 Å². The molecule has 0 amide bonds. The van der Waals surface area contributed by atoms with Gasteiger partial charge in [0.15, 0.2) is 0 Å². The molecule has 2 rings (SSSR count). The van der Waals surface area contributed by atoms with Gasteiger partial charge in [-0.2, -0.15) is 0 Å². The molecule has 0 spiro atoms. The Hall–Kier alpha value is -1.83. The Kier molecular flexibility index (Phi) is 2.45. The zero-order chi connectivity index (χ0) is 9.80. The van der Waals surface area contributed by atoms with E-state index in [-0.39, 0.29) is 0 Å². The van der Waals surface area contributed by atoms with E-state index >= 15 is 0 Å². The fourth-order valence-electron chi connectivity index (χ4n) is 1.34. The molecule has 2 aromatic rings. The van der Waals surface area contributed by atoms with E-state index in [4.69, 9.17) is 0 Å². The topological polar surface area (TPSA) is 17.8 Å². The number of rotatable bonds is 2. The number of allylic oxidation sites excluding steroid dienone is 1. The maximum atomic E-state index is 4.01. The van der Waals surface area contributed by atoms with E-state index in [1.54, 1.807) is 18.6 Å². The fraction of sp³-hybridized carbons (Fsp3) is 0. The minimum Gasteiger partial charge on any atom is -0.306 e. The molecule has 0 saturated carbocycles. The van der Waals surface area contributed by atoms with Crippen LogP contribution in [0.2, 0.25) is 0 Å². The van der Waals surface area contributed by atoms with Crippen LogP contribution in [0.5, 0.6) is 0 Å². The van der Waals surface area contributed by atoms with Gasteiger partial charge in [0, 0.05) is 18.1 Å². The Morgan fingerprint density at radius 3 is 3.00 bits per heavy atom. The molecular formula is C12H11N2. The molecule has 1 heterocycles. The van der Waals surface area contributed by atoms with Crippen molar-refractivity contribution in [3.63, 3.8) is 0 Å². The summed E-state index contributed by atoms with van der Waals surface area (Å²) in [6.45, 7) is 3.67. The molecule has 2 nitrogen and oxygen atoms in total. The summed E-state index contributed by atoms with van der Waals surface area (Å²) in [5, 5.41) is 0. The van der Waals surface area contributed by atoms with Gasteiger partial charge in [0.1, 0.15) is 0 Å². The molecule has 1 aromatic carbocycles. The molecule has 1 radical (unpaired) electrons. The summed E-state index contributed by atoms with van der Waals surface area (Å²) in [6, 6.07) is 8.19. The number of aromatic nitrogens is 2. The maximum Gasteiger partial charge on any atom is 0.0991 e. The number of benzene rings is 1. The second-order valence-corrected chi connectivity index (χ2v) is 2.97. The van der Waals surface area contributed by atoms with Crippen molar-refractivity contribution in [1.82, 2.24) is 9.55 Å². The first-order valence-electron chi connectivity index (χ1n) is 4.44.